The molecule has 0 spiro atoms. The third-order valence-corrected chi connectivity index (χ3v) is 3.01. The first-order chi connectivity index (χ1) is 7.76. The van der Waals surface area contributed by atoms with Crippen LogP contribution >= 0.6 is 11.8 Å². The molecule has 1 rings (SSSR count). The van der Waals surface area contributed by atoms with Crippen molar-refractivity contribution in [2.24, 2.45) is 0 Å². The summed E-state index contributed by atoms with van der Waals surface area (Å²) in [5.41, 5.74) is 0.725. The van der Waals surface area contributed by atoms with Crippen LogP contribution in [-0.2, 0) is 0 Å². The summed E-state index contributed by atoms with van der Waals surface area (Å²) in [6.45, 7) is 0.0743. The van der Waals surface area contributed by atoms with E-state index in [0.717, 1.165) is 24.3 Å². The molecule has 0 aromatic heterocycles. The van der Waals surface area contributed by atoms with E-state index in [1.807, 2.05) is 0 Å². The lowest BCUT2D eigenvalue weighted by Crippen LogP contribution is -2.23. The lowest BCUT2D eigenvalue weighted by molar-refractivity contribution is 0.268. The second kappa shape index (κ2) is 7.52. The predicted octanol–water partition coefficient (Wildman–Crippen LogP) is 2.74. The number of thioether (sulfide) groups is 1. The molecule has 0 aliphatic carbocycles. The minimum Gasteiger partial charge on any atom is -0.394 e. The number of benzene rings is 1. The third-order valence-electron chi connectivity index (χ3n) is 2.32. The van der Waals surface area contributed by atoms with Crippen LogP contribution < -0.4 is 5.32 Å². The van der Waals surface area contributed by atoms with Crippen molar-refractivity contribution in [1.82, 2.24) is 0 Å². The van der Waals surface area contributed by atoms with Gasteiger partial charge in [-0.1, -0.05) is 6.07 Å². The molecule has 1 aromatic rings. The molecule has 2 nitrogen and oxygen atoms in total. The van der Waals surface area contributed by atoms with Crippen molar-refractivity contribution in [3.63, 3.8) is 0 Å². The lowest BCUT2D eigenvalue weighted by Gasteiger charge is -2.17. The van der Waals surface area contributed by atoms with Gasteiger partial charge in [0.15, 0.2) is 0 Å². The Bertz CT molecular complexity index is 309. The minimum atomic E-state index is -0.259. The van der Waals surface area contributed by atoms with Gasteiger partial charge in [-0.05, 0) is 43.0 Å². The van der Waals surface area contributed by atoms with E-state index >= 15 is 0 Å². The number of nitrogens with one attached hydrogen (secondary N) is 1. The molecule has 1 aromatic carbocycles. The molecule has 0 radical (unpaired) electrons. The molecule has 0 aliphatic rings. The number of aliphatic hydroxyl groups excluding tert-OH is 1. The summed E-state index contributed by atoms with van der Waals surface area (Å²) >= 11 is 1.79. The van der Waals surface area contributed by atoms with E-state index in [9.17, 15) is 9.50 Å². The van der Waals surface area contributed by atoms with E-state index in [0.29, 0.717) is 0 Å². The lowest BCUT2D eigenvalue weighted by atomic mass is 10.1. The van der Waals surface area contributed by atoms with Crippen LogP contribution in [0.1, 0.15) is 12.8 Å². The van der Waals surface area contributed by atoms with Crippen molar-refractivity contribution < 1.29 is 9.50 Å². The zero-order chi connectivity index (χ0) is 11.8. The van der Waals surface area contributed by atoms with E-state index in [4.69, 9.17) is 0 Å². The summed E-state index contributed by atoms with van der Waals surface area (Å²) in [5.74, 6) is 0.826. The zero-order valence-corrected chi connectivity index (χ0v) is 10.3. The summed E-state index contributed by atoms with van der Waals surface area (Å²) < 4.78 is 12.9. The van der Waals surface area contributed by atoms with E-state index in [1.165, 1.54) is 12.1 Å². The molecule has 0 saturated heterocycles. The maximum Gasteiger partial charge on any atom is 0.125 e. The fourth-order valence-electron chi connectivity index (χ4n) is 1.50. The number of hydrogen-bond acceptors (Lipinski definition) is 3. The summed E-state index contributed by atoms with van der Waals surface area (Å²) in [6.07, 6.45) is 4.01. The van der Waals surface area contributed by atoms with Gasteiger partial charge in [0, 0.05) is 11.7 Å². The van der Waals surface area contributed by atoms with Gasteiger partial charge in [-0.2, -0.15) is 11.8 Å². The molecule has 0 heterocycles. The fourth-order valence-corrected chi connectivity index (χ4v) is 1.95. The van der Waals surface area contributed by atoms with Crippen molar-refractivity contribution in [2.75, 3.05) is 23.9 Å². The SMILES string of the molecule is CSCCCC(CO)Nc1cccc(F)c1. The summed E-state index contributed by atoms with van der Waals surface area (Å²) in [5, 5.41) is 12.3. The summed E-state index contributed by atoms with van der Waals surface area (Å²) in [4.78, 5) is 0. The normalized spacial score (nSPS) is 12.4. The van der Waals surface area contributed by atoms with Gasteiger partial charge in [0.05, 0.1) is 6.61 Å². The van der Waals surface area contributed by atoms with Gasteiger partial charge in [-0.15, -0.1) is 0 Å². The molecule has 0 fully saturated rings. The highest BCUT2D eigenvalue weighted by Gasteiger charge is 2.06. The van der Waals surface area contributed by atoms with Gasteiger partial charge >= 0.3 is 0 Å². The molecule has 1 atom stereocenters. The summed E-state index contributed by atoms with van der Waals surface area (Å²) in [6, 6.07) is 6.33. The van der Waals surface area contributed by atoms with Crippen LogP contribution in [0, 0.1) is 5.82 Å². The Balaban J connectivity index is 2.43. The molecule has 4 heteroatoms. The van der Waals surface area contributed by atoms with Crippen LogP contribution in [0.2, 0.25) is 0 Å². The Labute approximate surface area is 100 Å². The summed E-state index contributed by atoms with van der Waals surface area (Å²) in [7, 11) is 0. The Kier molecular flexibility index (Phi) is 6.26. The van der Waals surface area contributed by atoms with Crippen molar-refractivity contribution in [3.05, 3.63) is 30.1 Å². The first-order valence-electron chi connectivity index (χ1n) is 5.38. The molecular weight excluding hydrogens is 225 g/mol. The molecule has 0 bridgehead atoms. The zero-order valence-electron chi connectivity index (χ0n) is 9.45. The molecule has 0 amide bonds. The molecule has 2 N–H and O–H groups in total. The quantitative estimate of drug-likeness (QED) is 0.722. The second-order valence-corrected chi connectivity index (χ2v) is 4.65. The average Bonchev–Trinajstić information content (AvgIpc) is 2.28. The van der Waals surface area contributed by atoms with Crippen LogP contribution in [0.15, 0.2) is 24.3 Å². The highest BCUT2D eigenvalue weighted by molar-refractivity contribution is 7.98. The van der Waals surface area contributed by atoms with E-state index in [1.54, 1.807) is 23.9 Å². The first-order valence-corrected chi connectivity index (χ1v) is 6.77. The predicted molar refractivity (Wildman–Crippen MR) is 68.5 cm³/mol. The number of anilines is 1. The number of rotatable bonds is 7. The van der Waals surface area contributed by atoms with Crippen molar-refractivity contribution >= 4 is 17.4 Å². The standard InChI is InChI=1S/C12H18FNOS/c1-16-7-3-6-12(9-15)14-11-5-2-4-10(13)8-11/h2,4-5,8,12,14-15H,3,6-7,9H2,1H3. The van der Waals surface area contributed by atoms with Crippen LogP contribution in [0.4, 0.5) is 10.1 Å². The number of halogens is 1. The maximum atomic E-state index is 12.9. The number of aliphatic hydroxyl groups is 1. The van der Waals surface area contributed by atoms with Crippen molar-refractivity contribution in [3.8, 4) is 0 Å². The smallest absolute Gasteiger partial charge is 0.125 e. The monoisotopic (exact) mass is 243 g/mol. The molecule has 16 heavy (non-hydrogen) atoms. The minimum absolute atomic E-state index is 0.00829. The topological polar surface area (TPSA) is 32.3 Å². The van der Waals surface area contributed by atoms with Crippen LogP contribution in [0.5, 0.6) is 0 Å². The Morgan fingerprint density at radius 1 is 1.50 bits per heavy atom. The average molecular weight is 243 g/mol. The van der Waals surface area contributed by atoms with Gasteiger partial charge in [-0.3, -0.25) is 0 Å². The van der Waals surface area contributed by atoms with E-state index in [2.05, 4.69) is 11.6 Å². The second-order valence-electron chi connectivity index (χ2n) is 3.67. The van der Waals surface area contributed by atoms with E-state index in [-0.39, 0.29) is 18.5 Å². The van der Waals surface area contributed by atoms with Gasteiger partial charge in [0.1, 0.15) is 5.82 Å². The molecule has 90 valence electrons. The van der Waals surface area contributed by atoms with Gasteiger partial charge in [0.25, 0.3) is 0 Å². The molecular formula is C12H18FNOS. The third kappa shape index (κ3) is 4.86. The highest BCUT2D eigenvalue weighted by atomic mass is 32.2. The van der Waals surface area contributed by atoms with E-state index < -0.39 is 0 Å². The fraction of sp³-hybridized carbons (Fsp3) is 0.500. The van der Waals surface area contributed by atoms with Gasteiger partial charge in [0.2, 0.25) is 0 Å². The highest BCUT2D eigenvalue weighted by Crippen LogP contribution is 2.13. The molecule has 0 saturated carbocycles. The number of hydrogen-bond donors (Lipinski definition) is 2. The Hall–Kier alpha value is -0.740. The van der Waals surface area contributed by atoms with Crippen molar-refractivity contribution in [1.29, 1.82) is 0 Å². The Morgan fingerprint density at radius 3 is 2.94 bits per heavy atom. The largest absolute Gasteiger partial charge is 0.394 e. The van der Waals surface area contributed by atoms with Crippen LogP contribution in [-0.4, -0.2) is 29.8 Å². The van der Waals surface area contributed by atoms with Crippen LogP contribution in [0.25, 0.3) is 0 Å². The molecule has 1 unspecified atom stereocenters. The Morgan fingerprint density at radius 2 is 2.31 bits per heavy atom. The van der Waals surface area contributed by atoms with Crippen molar-refractivity contribution in [2.45, 2.75) is 18.9 Å². The molecule has 0 aliphatic heterocycles. The van der Waals surface area contributed by atoms with Gasteiger partial charge in [-0.25, -0.2) is 4.39 Å². The first kappa shape index (κ1) is 13.3. The van der Waals surface area contributed by atoms with Gasteiger partial charge < -0.3 is 10.4 Å². The maximum absolute atomic E-state index is 12.9. The van der Waals surface area contributed by atoms with Crippen LogP contribution in [0.3, 0.4) is 0 Å².